The quantitative estimate of drug-likeness (QED) is 0.687. The lowest BCUT2D eigenvalue weighted by atomic mass is 9.84. The zero-order chi connectivity index (χ0) is 20.0. The molecule has 2 aliphatic rings. The van der Waals surface area contributed by atoms with Gasteiger partial charge in [-0.25, -0.2) is 13.8 Å². The summed E-state index contributed by atoms with van der Waals surface area (Å²) in [6.07, 6.45) is 8.30. The van der Waals surface area contributed by atoms with Crippen LogP contribution in [0, 0.1) is 5.92 Å². The van der Waals surface area contributed by atoms with E-state index < -0.39 is 12.5 Å². The van der Waals surface area contributed by atoms with Crippen LogP contribution >= 0.6 is 0 Å². The Hall–Kier alpha value is -1.76. The molecule has 1 aromatic rings. The summed E-state index contributed by atoms with van der Waals surface area (Å²) < 4.78 is 31.1. The summed E-state index contributed by atoms with van der Waals surface area (Å²) in [5, 5.41) is 2.90. The molecule has 2 heterocycles. The molecule has 0 unspecified atom stereocenters. The average molecular weight is 395 g/mol. The summed E-state index contributed by atoms with van der Waals surface area (Å²) >= 11 is 0. The Morgan fingerprint density at radius 1 is 1.25 bits per heavy atom. The highest BCUT2D eigenvalue weighted by atomic mass is 19.3. The summed E-state index contributed by atoms with van der Waals surface area (Å²) in [6.45, 7) is 3.23. The molecule has 1 amide bonds. The molecule has 5 nitrogen and oxygen atoms in total. The number of nitrogens with zero attached hydrogens (tertiary/aromatic N) is 2. The third kappa shape index (κ3) is 6.40. The fourth-order valence-electron chi connectivity index (χ4n) is 4.19. The Kier molecular flexibility index (Phi) is 7.21. The van der Waals surface area contributed by atoms with Crippen LogP contribution in [0.15, 0.2) is 12.1 Å². The van der Waals surface area contributed by atoms with Crippen molar-refractivity contribution in [2.75, 3.05) is 26.2 Å². The minimum Gasteiger partial charge on any atom is -0.471 e. The van der Waals surface area contributed by atoms with Gasteiger partial charge in [-0.05, 0) is 56.6 Å². The van der Waals surface area contributed by atoms with Crippen LogP contribution in [-0.2, 0) is 17.6 Å². The Morgan fingerprint density at radius 2 is 2.00 bits per heavy atom. The fraction of sp³-hybridized carbons (Fsp3) is 0.714. The molecule has 0 radical (unpaired) electrons. The standard InChI is InChI=1S/C21H31F2N3O2/c1-21(22,23)14-28-20-7-4-17-9-12-26(13-10-19(17)25-20)11-8-16-2-5-18(6-3-16)24-15-27/h4,7,15-16,18H,2-3,5-6,8-14H2,1H3,(H,24,27). The van der Waals surface area contributed by atoms with Gasteiger partial charge in [0.2, 0.25) is 12.3 Å². The number of carbonyl (C=O) groups is 1. The van der Waals surface area contributed by atoms with Crippen LogP contribution in [0.1, 0.15) is 50.3 Å². The lowest BCUT2D eigenvalue weighted by molar-refractivity contribution is -0.110. The first-order chi connectivity index (χ1) is 13.4. The molecule has 0 saturated heterocycles. The van der Waals surface area contributed by atoms with Gasteiger partial charge in [-0.2, -0.15) is 0 Å². The number of nitrogens with one attached hydrogen (secondary N) is 1. The van der Waals surface area contributed by atoms with E-state index in [9.17, 15) is 13.6 Å². The molecular formula is C21H31F2N3O2. The average Bonchev–Trinajstić information content (AvgIpc) is 2.87. The number of ether oxygens (including phenoxy) is 1. The maximum absolute atomic E-state index is 13.0. The number of alkyl halides is 2. The molecule has 0 spiro atoms. The number of amides is 1. The van der Waals surface area contributed by atoms with Crippen molar-refractivity contribution in [1.82, 2.24) is 15.2 Å². The molecule has 0 aromatic carbocycles. The maximum atomic E-state index is 13.0. The zero-order valence-electron chi connectivity index (χ0n) is 16.6. The van der Waals surface area contributed by atoms with E-state index in [2.05, 4.69) is 15.2 Å². The molecule has 7 heteroatoms. The summed E-state index contributed by atoms with van der Waals surface area (Å²) in [5.41, 5.74) is 2.17. The van der Waals surface area contributed by atoms with E-state index in [1.54, 1.807) is 6.07 Å². The van der Waals surface area contributed by atoms with Crippen LogP contribution in [0.4, 0.5) is 8.78 Å². The van der Waals surface area contributed by atoms with Crippen molar-refractivity contribution in [2.45, 2.75) is 63.8 Å². The summed E-state index contributed by atoms with van der Waals surface area (Å²) in [6, 6.07) is 4.03. The van der Waals surface area contributed by atoms with Gasteiger partial charge in [0, 0.05) is 44.2 Å². The molecule has 3 rings (SSSR count). The molecular weight excluding hydrogens is 364 g/mol. The summed E-state index contributed by atoms with van der Waals surface area (Å²) in [7, 11) is 0. The number of hydrogen-bond acceptors (Lipinski definition) is 4. The number of rotatable bonds is 8. The van der Waals surface area contributed by atoms with E-state index in [0.717, 1.165) is 70.3 Å². The number of halogens is 2. The number of fused-ring (bicyclic) bond motifs is 1. The number of carbonyl (C=O) groups excluding carboxylic acids is 1. The third-order valence-electron chi connectivity index (χ3n) is 5.88. The highest BCUT2D eigenvalue weighted by Crippen LogP contribution is 2.27. The smallest absolute Gasteiger partial charge is 0.278 e. The maximum Gasteiger partial charge on any atom is 0.278 e. The number of pyridine rings is 1. The topological polar surface area (TPSA) is 54.5 Å². The van der Waals surface area contributed by atoms with E-state index in [-0.39, 0.29) is 5.88 Å². The van der Waals surface area contributed by atoms with E-state index in [1.165, 1.54) is 24.8 Å². The number of hydrogen-bond donors (Lipinski definition) is 1. The minimum absolute atomic E-state index is 0.286. The molecule has 1 saturated carbocycles. The first-order valence-corrected chi connectivity index (χ1v) is 10.3. The van der Waals surface area contributed by atoms with Gasteiger partial charge >= 0.3 is 0 Å². The van der Waals surface area contributed by atoms with Gasteiger partial charge in [0.1, 0.15) is 0 Å². The van der Waals surface area contributed by atoms with Gasteiger partial charge < -0.3 is 15.0 Å². The van der Waals surface area contributed by atoms with Crippen LogP contribution in [0.2, 0.25) is 0 Å². The molecule has 1 aliphatic heterocycles. The largest absolute Gasteiger partial charge is 0.471 e. The Balaban J connectivity index is 1.44. The monoisotopic (exact) mass is 395 g/mol. The Morgan fingerprint density at radius 3 is 2.71 bits per heavy atom. The second kappa shape index (κ2) is 9.63. The lowest BCUT2D eigenvalue weighted by Crippen LogP contribution is -2.34. The van der Waals surface area contributed by atoms with Crippen molar-refractivity contribution >= 4 is 6.41 Å². The van der Waals surface area contributed by atoms with Crippen molar-refractivity contribution in [3.8, 4) is 5.88 Å². The predicted octanol–water partition coefficient (Wildman–Crippen LogP) is 3.21. The summed E-state index contributed by atoms with van der Waals surface area (Å²) in [5.74, 6) is -1.83. The van der Waals surface area contributed by atoms with Crippen molar-refractivity contribution < 1.29 is 18.3 Å². The molecule has 0 bridgehead atoms. The van der Waals surface area contributed by atoms with E-state index in [0.29, 0.717) is 6.04 Å². The molecule has 156 valence electrons. The van der Waals surface area contributed by atoms with E-state index >= 15 is 0 Å². The highest BCUT2D eigenvalue weighted by molar-refractivity contribution is 5.46. The Bertz CT molecular complexity index is 643. The van der Waals surface area contributed by atoms with Crippen molar-refractivity contribution in [1.29, 1.82) is 0 Å². The van der Waals surface area contributed by atoms with Crippen molar-refractivity contribution in [3.63, 3.8) is 0 Å². The molecule has 1 aliphatic carbocycles. The van der Waals surface area contributed by atoms with Gasteiger partial charge in [-0.3, -0.25) is 4.79 Å². The second-order valence-corrected chi connectivity index (χ2v) is 8.25. The first-order valence-electron chi connectivity index (χ1n) is 10.3. The molecule has 1 N–H and O–H groups in total. The second-order valence-electron chi connectivity index (χ2n) is 8.25. The predicted molar refractivity (Wildman–Crippen MR) is 104 cm³/mol. The van der Waals surface area contributed by atoms with E-state index in [4.69, 9.17) is 4.74 Å². The van der Waals surface area contributed by atoms with Crippen molar-refractivity contribution in [3.05, 3.63) is 23.4 Å². The third-order valence-corrected chi connectivity index (χ3v) is 5.88. The fourth-order valence-corrected chi connectivity index (χ4v) is 4.19. The Labute approximate surface area is 165 Å². The van der Waals surface area contributed by atoms with Gasteiger partial charge in [-0.15, -0.1) is 0 Å². The van der Waals surface area contributed by atoms with Gasteiger partial charge in [-0.1, -0.05) is 6.07 Å². The van der Waals surface area contributed by atoms with Crippen LogP contribution in [0.25, 0.3) is 0 Å². The summed E-state index contributed by atoms with van der Waals surface area (Å²) in [4.78, 5) is 17.5. The SMILES string of the molecule is CC(F)(F)COc1ccc2c(n1)CCN(CCC1CCC(NC=O)CC1)CC2. The first kappa shape index (κ1) is 21.0. The van der Waals surface area contributed by atoms with Gasteiger partial charge in [0.25, 0.3) is 5.92 Å². The number of aromatic nitrogens is 1. The van der Waals surface area contributed by atoms with Crippen LogP contribution in [0.5, 0.6) is 5.88 Å². The lowest BCUT2D eigenvalue weighted by Gasteiger charge is -2.30. The van der Waals surface area contributed by atoms with Gasteiger partial charge in [0.05, 0.1) is 0 Å². The van der Waals surface area contributed by atoms with Crippen LogP contribution < -0.4 is 10.1 Å². The normalized spacial score (nSPS) is 23.5. The molecule has 1 aromatic heterocycles. The minimum atomic E-state index is -2.85. The van der Waals surface area contributed by atoms with Crippen LogP contribution in [0.3, 0.4) is 0 Å². The van der Waals surface area contributed by atoms with E-state index in [1.807, 2.05) is 6.07 Å². The van der Waals surface area contributed by atoms with Gasteiger partial charge in [0.15, 0.2) is 6.61 Å². The molecule has 28 heavy (non-hydrogen) atoms. The highest BCUT2D eigenvalue weighted by Gasteiger charge is 2.24. The zero-order valence-corrected chi connectivity index (χ0v) is 16.6. The molecule has 1 fully saturated rings. The van der Waals surface area contributed by atoms with Crippen molar-refractivity contribution in [2.24, 2.45) is 5.92 Å². The molecule has 0 atom stereocenters. The van der Waals surface area contributed by atoms with Crippen LogP contribution in [-0.4, -0.2) is 54.5 Å².